The van der Waals surface area contributed by atoms with E-state index in [-0.39, 0.29) is 5.91 Å². The second kappa shape index (κ2) is 4.41. The molecular weight excluding hydrogens is 216 g/mol. The van der Waals surface area contributed by atoms with Crippen LogP contribution in [0.25, 0.3) is 0 Å². The predicted molar refractivity (Wildman–Crippen MR) is 65.5 cm³/mol. The topological polar surface area (TPSA) is 66.9 Å². The molecule has 1 amide bonds. The van der Waals surface area contributed by atoms with Crippen molar-refractivity contribution in [2.75, 3.05) is 11.9 Å². The zero-order valence-electron chi connectivity index (χ0n) is 10.5. The van der Waals surface area contributed by atoms with Crippen LogP contribution < -0.4 is 10.6 Å². The van der Waals surface area contributed by atoms with Gasteiger partial charge in [-0.1, -0.05) is 20.8 Å². The highest BCUT2D eigenvalue weighted by Gasteiger charge is 2.22. The molecule has 1 aromatic heterocycles. The van der Waals surface area contributed by atoms with Gasteiger partial charge in [-0.3, -0.25) is 10.1 Å². The lowest BCUT2D eigenvalue weighted by Gasteiger charge is -2.19. The summed E-state index contributed by atoms with van der Waals surface area (Å²) in [5.41, 5.74) is 1.72. The lowest BCUT2D eigenvalue weighted by atomic mass is 9.96. The molecule has 5 nitrogen and oxygen atoms in total. The smallest absolute Gasteiger partial charge is 0.232 e. The van der Waals surface area contributed by atoms with Crippen LogP contribution in [0, 0.1) is 5.41 Å². The number of nitrogens with zero attached hydrogens (tertiary/aromatic N) is 2. The monoisotopic (exact) mass is 234 g/mol. The molecule has 0 saturated heterocycles. The van der Waals surface area contributed by atoms with Gasteiger partial charge in [0.05, 0.1) is 5.69 Å². The van der Waals surface area contributed by atoms with Gasteiger partial charge in [0.1, 0.15) is 0 Å². The summed E-state index contributed by atoms with van der Waals surface area (Å²) in [4.78, 5) is 20.3. The maximum Gasteiger partial charge on any atom is 0.232 e. The number of fused-ring (bicyclic) bond motifs is 1. The summed E-state index contributed by atoms with van der Waals surface area (Å²) < 4.78 is 0. The van der Waals surface area contributed by atoms with E-state index >= 15 is 0 Å². The first-order valence-electron chi connectivity index (χ1n) is 5.84. The summed E-state index contributed by atoms with van der Waals surface area (Å²) in [6.45, 7) is 7.33. The Morgan fingerprint density at radius 1 is 1.47 bits per heavy atom. The molecule has 0 unspecified atom stereocenters. The van der Waals surface area contributed by atoms with E-state index < -0.39 is 5.41 Å². The molecule has 1 aliphatic heterocycles. The third-order valence-corrected chi connectivity index (χ3v) is 2.71. The van der Waals surface area contributed by atoms with Crippen LogP contribution in [0.15, 0.2) is 6.20 Å². The minimum atomic E-state index is -0.430. The number of carbonyl (C=O) groups is 1. The third kappa shape index (κ3) is 2.79. The highest BCUT2D eigenvalue weighted by Crippen LogP contribution is 2.17. The second-order valence-electron chi connectivity index (χ2n) is 5.30. The third-order valence-electron chi connectivity index (χ3n) is 2.71. The number of hydrogen-bond donors (Lipinski definition) is 2. The van der Waals surface area contributed by atoms with Crippen LogP contribution in [0.4, 0.5) is 5.95 Å². The number of hydrogen-bond acceptors (Lipinski definition) is 4. The molecule has 0 aromatic carbocycles. The van der Waals surface area contributed by atoms with Crippen LogP contribution in [0.1, 0.15) is 32.0 Å². The Kier molecular flexibility index (Phi) is 3.11. The van der Waals surface area contributed by atoms with Crippen LogP contribution in [0.2, 0.25) is 0 Å². The standard InChI is InChI=1S/C12H18N4O/c1-12(2,3)10(17)16-11-14-7-8-6-13-5-4-9(8)15-11/h7,13H,4-6H2,1-3H3,(H,14,15,16,17). The summed E-state index contributed by atoms with van der Waals surface area (Å²) in [5.74, 6) is 0.344. The summed E-state index contributed by atoms with van der Waals surface area (Å²) in [7, 11) is 0. The molecule has 1 aromatic rings. The van der Waals surface area contributed by atoms with Crippen LogP contribution in [0.3, 0.4) is 0 Å². The highest BCUT2D eigenvalue weighted by molar-refractivity contribution is 5.92. The van der Waals surface area contributed by atoms with Crippen LogP contribution in [-0.2, 0) is 17.8 Å². The average Bonchev–Trinajstić information content (AvgIpc) is 2.27. The molecule has 0 aliphatic carbocycles. The molecule has 5 heteroatoms. The van der Waals surface area contributed by atoms with Crippen molar-refractivity contribution in [3.63, 3.8) is 0 Å². The van der Waals surface area contributed by atoms with Crippen molar-refractivity contribution in [1.82, 2.24) is 15.3 Å². The molecule has 17 heavy (non-hydrogen) atoms. The van der Waals surface area contributed by atoms with E-state index in [0.29, 0.717) is 5.95 Å². The Bertz CT molecular complexity index is 437. The molecule has 1 aliphatic rings. The number of carbonyl (C=O) groups excluding carboxylic acids is 1. The number of aromatic nitrogens is 2. The predicted octanol–water partition coefficient (Wildman–Crippen LogP) is 1.11. The zero-order valence-corrected chi connectivity index (χ0v) is 10.5. The molecule has 0 saturated carbocycles. The maximum atomic E-state index is 11.8. The fourth-order valence-electron chi connectivity index (χ4n) is 1.59. The molecule has 0 fully saturated rings. The van der Waals surface area contributed by atoms with Crippen LogP contribution >= 0.6 is 0 Å². The molecule has 2 N–H and O–H groups in total. The van der Waals surface area contributed by atoms with Gasteiger partial charge in [-0.15, -0.1) is 0 Å². The van der Waals surface area contributed by atoms with Gasteiger partial charge in [0.15, 0.2) is 0 Å². The number of nitrogens with one attached hydrogen (secondary N) is 2. The van der Waals surface area contributed by atoms with Crippen molar-refractivity contribution in [1.29, 1.82) is 0 Å². The average molecular weight is 234 g/mol. The van der Waals surface area contributed by atoms with Crippen LogP contribution in [-0.4, -0.2) is 22.4 Å². The van der Waals surface area contributed by atoms with Gasteiger partial charge in [-0.25, -0.2) is 9.97 Å². The van der Waals surface area contributed by atoms with Crippen molar-refractivity contribution in [2.24, 2.45) is 5.41 Å². The molecule has 0 bridgehead atoms. The largest absolute Gasteiger partial charge is 0.312 e. The Hall–Kier alpha value is -1.49. The van der Waals surface area contributed by atoms with E-state index in [1.165, 1.54) is 0 Å². The van der Waals surface area contributed by atoms with E-state index in [1.54, 1.807) is 6.20 Å². The minimum absolute atomic E-state index is 0.0635. The highest BCUT2D eigenvalue weighted by atomic mass is 16.2. The van der Waals surface area contributed by atoms with Gasteiger partial charge < -0.3 is 5.32 Å². The zero-order chi connectivity index (χ0) is 12.5. The Morgan fingerprint density at radius 2 is 2.24 bits per heavy atom. The summed E-state index contributed by atoms with van der Waals surface area (Å²) in [5, 5.41) is 6.01. The maximum absolute atomic E-state index is 11.8. The van der Waals surface area contributed by atoms with Crippen molar-refractivity contribution in [3.05, 3.63) is 17.5 Å². The quantitative estimate of drug-likeness (QED) is 0.763. The molecule has 0 radical (unpaired) electrons. The van der Waals surface area contributed by atoms with Gasteiger partial charge in [0, 0.05) is 36.7 Å². The number of rotatable bonds is 1. The Morgan fingerprint density at radius 3 is 2.94 bits per heavy atom. The molecule has 0 spiro atoms. The lowest BCUT2D eigenvalue weighted by molar-refractivity contribution is -0.123. The minimum Gasteiger partial charge on any atom is -0.312 e. The molecule has 92 valence electrons. The first kappa shape index (κ1) is 12.0. The van der Waals surface area contributed by atoms with Crippen molar-refractivity contribution < 1.29 is 4.79 Å². The summed E-state index contributed by atoms with van der Waals surface area (Å²) >= 11 is 0. The van der Waals surface area contributed by atoms with Crippen molar-refractivity contribution in [3.8, 4) is 0 Å². The normalized spacial score (nSPS) is 15.2. The Balaban J connectivity index is 2.15. The van der Waals surface area contributed by atoms with E-state index in [9.17, 15) is 4.79 Å². The number of amides is 1. The second-order valence-corrected chi connectivity index (χ2v) is 5.30. The van der Waals surface area contributed by atoms with E-state index in [2.05, 4.69) is 20.6 Å². The van der Waals surface area contributed by atoms with Gasteiger partial charge in [0.25, 0.3) is 0 Å². The van der Waals surface area contributed by atoms with Crippen molar-refractivity contribution in [2.45, 2.75) is 33.7 Å². The summed E-state index contributed by atoms with van der Waals surface area (Å²) in [6, 6.07) is 0. The fraction of sp³-hybridized carbons (Fsp3) is 0.583. The lowest BCUT2D eigenvalue weighted by Crippen LogP contribution is -2.30. The molecule has 2 rings (SSSR count). The van der Waals surface area contributed by atoms with Crippen molar-refractivity contribution >= 4 is 11.9 Å². The first-order valence-corrected chi connectivity index (χ1v) is 5.84. The molecule has 0 atom stereocenters. The van der Waals surface area contributed by atoms with Gasteiger partial charge in [-0.05, 0) is 0 Å². The Labute approximate surface area is 101 Å². The van der Waals surface area contributed by atoms with E-state index in [1.807, 2.05) is 20.8 Å². The summed E-state index contributed by atoms with van der Waals surface area (Å²) in [6.07, 6.45) is 2.67. The van der Waals surface area contributed by atoms with E-state index in [4.69, 9.17) is 0 Å². The van der Waals surface area contributed by atoms with E-state index in [0.717, 1.165) is 30.8 Å². The first-order chi connectivity index (χ1) is 7.97. The fourth-order valence-corrected chi connectivity index (χ4v) is 1.59. The van der Waals surface area contributed by atoms with Gasteiger partial charge in [-0.2, -0.15) is 0 Å². The molecule has 2 heterocycles. The molecular formula is C12H18N4O. The number of anilines is 1. The van der Waals surface area contributed by atoms with Crippen LogP contribution in [0.5, 0.6) is 0 Å². The van der Waals surface area contributed by atoms with Gasteiger partial charge >= 0.3 is 0 Å². The SMILES string of the molecule is CC(C)(C)C(=O)Nc1ncc2c(n1)CCNC2. The van der Waals surface area contributed by atoms with Gasteiger partial charge in [0.2, 0.25) is 11.9 Å².